The lowest BCUT2D eigenvalue weighted by molar-refractivity contribution is -0.605. The SMILES string of the molecule is CC(Oc1ccc(C(Cc2cc[n+]([O-])cc2)c2ccc(OC(F)F)c(OC(F)F)c2)cn1)c1ccccc1. The van der Waals surface area contributed by atoms with Crippen LogP contribution in [0.15, 0.2) is 91.4 Å². The Hall–Kier alpha value is -4.34. The molecule has 2 atom stereocenters. The van der Waals surface area contributed by atoms with Crippen molar-refractivity contribution in [1.29, 1.82) is 0 Å². The first-order valence-corrected chi connectivity index (χ1v) is 11.7. The molecule has 2 heterocycles. The van der Waals surface area contributed by atoms with E-state index in [1.165, 1.54) is 24.5 Å². The molecule has 4 aromatic rings. The number of hydrogen-bond donors (Lipinski definition) is 0. The Morgan fingerprint density at radius 2 is 1.42 bits per heavy atom. The molecule has 0 aliphatic carbocycles. The Balaban J connectivity index is 1.65. The average Bonchev–Trinajstić information content (AvgIpc) is 2.90. The van der Waals surface area contributed by atoms with Gasteiger partial charge in [0.2, 0.25) is 5.88 Å². The van der Waals surface area contributed by atoms with E-state index in [0.717, 1.165) is 17.2 Å². The van der Waals surface area contributed by atoms with Crippen molar-refractivity contribution in [3.8, 4) is 17.4 Å². The van der Waals surface area contributed by atoms with Gasteiger partial charge in [-0.3, -0.25) is 0 Å². The molecule has 198 valence electrons. The number of ether oxygens (including phenoxy) is 3. The first kappa shape index (κ1) is 26.7. The number of aromatic nitrogens is 2. The minimum absolute atomic E-state index is 0.245. The first-order chi connectivity index (χ1) is 18.3. The molecule has 0 saturated carbocycles. The second kappa shape index (κ2) is 12.3. The summed E-state index contributed by atoms with van der Waals surface area (Å²) in [6.45, 7) is -4.55. The Bertz CT molecular complexity index is 1310. The van der Waals surface area contributed by atoms with Crippen LogP contribution >= 0.6 is 0 Å². The van der Waals surface area contributed by atoms with Gasteiger partial charge in [-0.15, -0.1) is 0 Å². The number of alkyl halides is 4. The maximum absolute atomic E-state index is 13.0. The molecule has 0 amide bonds. The molecule has 2 unspecified atom stereocenters. The second-order valence-corrected chi connectivity index (χ2v) is 8.39. The molecule has 0 saturated heterocycles. The van der Waals surface area contributed by atoms with Crippen LogP contribution in [0, 0.1) is 5.21 Å². The second-order valence-electron chi connectivity index (χ2n) is 8.39. The third-order valence-corrected chi connectivity index (χ3v) is 5.84. The molecule has 0 aliphatic heterocycles. The van der Waals surface area contributed by atoms with Gasteiger partial charge in [-0.2, -0.15) is 22.3 Å². The molecule has 0 N–H and O–H groups in total. The van der Waals surface area contributed by atoms with Gasteiger partial charge in [0, 0.05) is 30.3 Å². The summed E-state index contributed by atoms with van der Waals surface area (Å²) in [5.74, 6) is -1.09. The van der Waals surface area contributed by atoms with Crippen molar-refractivity contribution >= 4 is 0 Å². The molecule has 38 heavy (non-hydrogen) atoms. The summed E-state index contributed by atoms with van der Waals surface area (Å²) in [5, 5.41) is 11.5. The van der Waals surface area contributed by atoms with Crippen LogP contribution in [0.3, 0.4) is 0 Å². The third-order valence-electron chi connectivity index (χ3n) is 5.84. The van der Waals surface area contributed by atoms with E-state index in [4.69, 9.17) is 4.74 Å². The molecule has 4 rings (SSSR count). The molecule has 6 nitrogen and oxygen atoms in total. The highest BCUT2D eigenvalue weighted by atomic mass is 19.3. The monoisotopic (exact) mass is 528 g/mol. The fraction of sp³-hybridized carbons (Fsp3) is 0.214. The summed E-state index contributed by atoms with van der Waals surface area (Å²) < 4.78 is 67.1. The molecule has 2 aromatic carbocycles. The van der Waals surface area contributed by atoms with Crippen molar-refractivity contribution in [2.75, 3.05) is 0 Å². The van der Waals surface area contributed by atoms with Gasteiger partial charge in [-0.25, -0.2) is 4.98 Å². The predicted octanol–water partition coefficient (Wildman–Crippen LogP) is 6.43. The summed E-state index contributed by atoms with van der Waals surface area (Å²) in [7, 11) is 0. The van der Waals surface area contributed by atoms with E-state index in [0.29, 0.717) is 28.2 Å². The van der Waals surface area contributed by atoms with Gasteiger partial charge in [0.15, 0.2) is 23.9 Å². The zero-order valence-electron chi connectivity index (χ0n) is 20.2. The van der Waals surface area contributed by atoms with Gasteiger partial charge in [0.1, 0.15) is 6.10 Å². The normalized spacial score (nSPS) is 12.8. The van der Waals surface area contributed by atoms with Crippen molar-refractivity contribution in [2.45, 2.75) is 38.6 Å². The number of rotatable bonds is 11. The number of halogens is 4. The highest BCUT2D eigenvalue weighted by Crippen LogP contribution is 2.37. The van der Waals surface area contributed by atoms with Gasteiger partial charge >= 0.3 is 13.2 Å². The van der Waals surface area contributed by atoms with Crippen LogP contribution in [0.2, 0.25) is 0 Å². The molecule has 0 fully saturated rings. The lowest BCUT2D eigenvalue weighted by atomic mass is 9.87. The quantitative estimate of drug-likeness (QED) is 0.127. The van der Waals surface area contributed by atoms with Crippen LogP contribution in [0.25, 0.3) is 0 Å². The van der Waals surface area contributed by atoms with Crippen molar-refractivity contribution in [1.82, 2.24) is 4.98 Å². The Morgan fingerprint density at radius 1 is 0.763 bits per heavy atom. The van der Waals surface area contributed by atoms with Crippen molar-refractivity contribution < 1.29 is 36.5 Å². The largest absolute Gasteiger partial charge is 0.619 e. The minimum Gasteiger partial charge on any atom is -0.619 e. The maximum Gasteiger partial charge on any atom is 0.387 e. The van der Waals surface area contributed by atoms with Crippen molar-refractivity contribution in [3.05, 3.63) is 119 Å². The van der Waals surface area contributed by atoms with Crippen LogP contribution in [0.4, 0.5) is 17.6 Å². The molecule has 0 aliphatic rings. The summed E-state index contributed by atoms with van der Waals surface area (Å²) in [6.07, 6.45) is 4.40. The van der Waals surface area contributed by atoms with Crippen LogP contribution in [0.1, 0.15) is 41.2 Å². The Labute approximate surface area is 216 Å². The summed E-state index contributed by atoms with van der Waals surface area (Å²) >= 11 is 0. The number of pyridine rings is 2. The van der Waals surface area contributed by atoms with Gasteiger partial charge < -0.3 is 19.4 Å². The van der Waals surface area contributed by atoms with E-state index >= 15 is 0 Å². The summed E-state index contributed by atoms with van der Waals surface area (Å²) in [6, 6.07) is 20.3. The van der Waals surface area contributed by atoms with E-state index in [1.54, 1.807) is 30.5 Å². The maximum atomic E-state index is 13.0. The topological polar surface area (TPSA) is 67.5 Å². The zero-order chi connectivity index (χ0) is 27.1. The predicted molar refractivity (Wildman–Crippen MR) is 130 cm³/mol. The fourth-order valence-electron chi connectivity index (χ4n) is 4.01. The van der Waals surface area contributed by atoms with E-state index in [2.05, 4.69) is 14.5 Å². The van der Waals surface area contributed by atoms with Gasteiger partial charge in [0.05, 0.1) is 0 Å². The number of nitrogens with zero attached hydrogens (tertiary/aromatic N) is 2. The van der Waals surface area contributed by atoms with Crippen LogP contribution in [0.5, 0.6) is 17.4 Å². The van der Waals surface area contributed by atoms with Crippen molar-refractivity contribution in [3.63, 3.8) is 0 Å². The smallest absolute Gasteiger partial charge is 0.387 e. The average molecular weight is 529 g/mol. The van der Waals surface area contributed by atoms with E-state index < -0.39 is 30.6 Å². The zero-order valence-corrected chi connectivity index (χ0v) is 20.2. The van der Waals surface area contributed by atoms with E-state index in [1.807, 2.05) is 37.3 Å². The highest BCUT2D eigenvalue weighted by molar-refractivity contribution is 5.47. The van der Waals surface area contributed by atoms with Gasteiger partial charge in [-0.05, 0) is 47.7 Å². The number of hydrogen-bond acceptors (Lipinski definition) is 5. The van der Waals surface area contributed by atoms with E-state index in [-0.39, 0.29) is 6.10 Å². The van der Waals surface area contributed by atoms with Gasteiger partial charge in [0.25, 0.3) is 0 Å². The van der Waals surface area contributed by atoms with Crippen molar-refractivity contribution in [2.24, 2.45) is 0 Å². The number of benzene rings is 2. The standard InChI is InChI=1S/C28H24F4N2O4/c1-18(20-5-3-2-4-6-20)36-26-10-8-22(17-33-26)23(15-19-11-13-34(35)14-12-19)21-7-9-24(37-27(29)30)25(16-21)38-28(31)32/h2-14,16-18,23,27-28H,15H2,1H3. The van der Waals surface area contributed by atoms with Crippen LogP contribution in [-0.2, 0) is 6.42 Å². The van der Waals surface area contributed by atoms with Gasteiger partial charge in [-0.1, -0.05) is 42.5 Å². The molecular weight excluding hydrogens is 504 g/mol. The molecule has 0 bridgehead atoms. The molecule has 0 spiro atoms. The molecule has 0 radical (unpaired) electrons. The van der Waals surface area contributed by atoms with E-state index in [9.17, 15) is 22.8 Å². The lowest BCUT2D eigenvalue weighted by Crippen LogP contribution is -2.24. The molecular formula is C28H24F4N2O4. The fourth-order valence-corrected chi connectivity index (χ4v) is 4.01. The van der Waals surface area contributed by atoms with Crippen LogP contribution < -0.4 is 18.9 Å². The third kappa shape index (κ3) is 7.12. The molecule has 10 heteroatoms. The van der Waals surface area contributed by atoms with Crippen LogP contribution in [-0.4, -0.2) is 18.2 Å². The highest BCUT2D eigenvalue weighted by Gasteiger charge is 2.22. The summed E-state index contributed by atoms with van der Waals surface area (Å²) in [5.41, 5.74) is 2.96. The summed E-state index contributed by atoms with van der Waals surface area (Å²) in [4.78, 5) is 4.42. The Morgan fingerprint density at radius 3 is 2.05 bits per heavy atom. The Kier molecular flexibility index (Phi) is 8.62. The molecule has 2 aromatic heterocycles. The minimum atomic E-state index is -3.24. The first-order valence-electron chi connectivity index (χ1n) is 11.7. The lowest BCUT2D eigenvalue weighted by Gasteiger charge is -2.21.